The van der Waals surface area contributed by atoms with Crippen LogP contribution in [0.3, 0.4) is 0 Å². The molecule has 8 heteroatoms. The smallest absolute Gasteiger partial charge is 0.162 e. The van der Waals surface area contributed by atoms with Crippen LogP contribution in [-0.2, 0) is 0 Å². The van der Waals surface area contributed by atoms with Crippen molar-refractivity contribution < 1.29 is 4.74 Å². The van der Waals surface area contributed by atoms with E-state index in [-0.39, 0.29) is 6.10 Å². The first-order valence-corrected chi connectivity index (χ1v) is 10.6. The second kappa shape index (κ2) is 7.73. The Balaban J connectivity index is 1.33. The number of nitrogens with zero attached hydrogens (tertiary/aromatic N) is 5. The lowest BCUT2D eigenvalue weighted by Crippen LogP contribution is -2.19. The van der Waals surface area contributed by atoms with Crippen molar-refractivity contribution in [2.24, 2.45) is 0 Å². The predicted octanol–water partition coefficient (Wildman–Crippen LogP) is 2.54. The van der Waals surface area contributed by atoms with Gasteiger partial charge in [-0.15, -0.1) is 0 Å². The van der Waals surface area contributed by atoms with Crippen LogP contribution in [0, 0.1) is 0 Å². The fourth-order valence-electron chi connectivity index (χ4n) is 4.14. The molecule has 32 heavy (non-hydrogen) atoms. The van der Waals surface area contributed by atoms with Crippen LogP contribution in [0.2, 0.25) is 0 Å². The second-order valence-electron chi connectivity index (χ2n) is 7.89. The first-order valence-electron chi connectivity index (χ1n) is 10.6. The maximum atomic E-state index is 5.96. The third kappa shape index (κ3) is 3.38. The summed E-state index contributed by atoms with van der Waals surface area (Å²) in [6.07, 6.45) is 8.59. The van der Waals surface area contributed by atoms with E-state index in [4.69, 9.17) is 17.6 Å². The van der Waals surface area contributed by atoms with Crippen LogP contribution in [0.4, 0.5) is 0 Å². The summed E-state index contributed by atoms with van der Waals surface area (Å²) in [7, 11) is 5.85. The zero-order valence-corrected chi connectivity index (χ0v) is 17.3. The van der Waals surface area contributed by atoms with E-state index >= 15 is 0 Å². The van der Waals surface area contributed by atoms with Crippen molar-refractivity contribution >= 4 is 30.0 Å². The van der Waals surface area contributed by atoms with E-state index in [2.05, 4.69) is 20.4 Å². The van der Waals surface area contributed by atoms with Gasteiger partial charge in [-0.1, -0.05) is 24.3 Å². The van der Waals surface area contributed by atoms with E-state index in [0.717, 1.165) is 64.2 Å². The zero-order chi connectivity index (χ0) is 21.5. The van der Waals surface area contributed by atoms with Gasteiger partial charge >= 0.3 is 0 Å². The minimum atomic E-state index is 0.212. The molecule has 0 amide bonds. The third-order valence-electron chi connectivity index (χ3n) is 5.75. The highest BCUT2D eigenvalue weighted by atomic mass is 16.5. The minimum Gasteiger partial charge on any atom is -0.487 e. The summed E-state index contributed by atoms with van der Waals surface area (Å²) >= 11 is 0. The average molecular weight is 418 g/mol. The molecule has 4 aromatic heterocycles. The summed E-state index contributed by atoms with van der Waals surface area (Å²) in [6.45, 7) is 1.88. The van der Waals surface area contributed by atoms with Gasteiger partial charge < -0.3 is 10.1 Å². The van der Waals surface area contributed by atoms with Crippen molar-refractivity contribution in [3.05, 3.63) is 67.3 Å². The lowest BCUT2D eigenvalue weighted by atomic mass is 9.99. The number of fused-ring (bicyclic) bond motifs is 2. The van der Waals surface area contributed by atoms with Gasteiger partial charge in [0.1, 0.15) is 19.7 Å². The van der Waals surface area contributed by atoms with Gasteiger partial charge in [-0.25, -0.2) is 9.50 Å². The highest BCUT2D eigenvalue weighted by molar-refractivity contribution is 6.31. The van der Waals surface area contributed by atoms with Crippen LogP contribution in [0.5, 0.6) is 5.75 Å². The fourth-order valence-corrected chi connectivity index (χ4v) is 4.14. The summed E-state index contributed by atoms with van der Waals surface area (Å²) in [6, 6.07) is 13.7. The average Bonchev–Trinajstić information content (AvgIpc) is 3.48. The fraction of sp³-hybridized carbons (Fsp3) is 0.167. The minimum absolute atomic E-state index is 0.212. The summed E-state index contributed by atoms with van der Waals surface area (Å²) in [5.74, 6) is 0.781. The molecular weight excluding hydrogens is 399 g/mol. The Kier molecular flexibility index (Phi) is 4.58. The highest BCUT2D eigenvalue weighted by Gasteiger charge is 2.16. The number of benzene rings is 1. The summed E-state index contributed by atoms with van der Waals surface area (Å²) in [4.78, 5) is 13.7. The number of aromatic nitrogens is 5. The molecule has 1 aliphatic rings. The molecule has 0 unspecified atom stereocenters. The van der Waals surface area contributed by atoms with Gasteiger partial charge in [0, 0.05) is 35.5 Å². The summed E-state index contributed by atoms with van der Waals surface area (Å²) in [5, 5.41) is 8.85. The Morgan fingerprint density at radius 1 is 1.00 bits per heavy atom. The molecule has 1 N–H and O–H groups in total. The van der Waals surface area contributed by atoms with Crippen molar-refractivity contribution in [1.82, 2.24) is 29.9 Å². The maximum absolute atomic E-state index is 5.96. The zero-order valence-electron chi connectivity index (χ0n) is 17.3. The Labute approximate surface area is 185 Å². The van der Waals surface area contributed by atoms with Crippen LogP contribution < -0.4 is 15.6 Å². The molecule has 7 nitrogen and oxygen atoms in total. The highest BCUT2D eigenvalue weighted by Crippen LogP contribution is 2.30. The monoisotopic (exact) mass is 418 g/mol. The van der Waals surface area contributed by atoms with Gasteiger partial charge in [0.2, 0.25) is 0 Å². The molecule has 2 radical (unpaired) electrons. The van der Waals surface area contributed by atoms with Crippen LogP contribution in [0.25, 0.3) is 38.9 Å². The molecule has 0 aliphatic carbocycles. The van der Waals surface area contributed by atoms with Crippen molar-refractivity contribution in [2.45, 2.75) is 12.5 Å². The number of rotatable bonds is 4. The SMILES string of the molecule is [B]c1ccc2c(-c3cnn4cc(-c5ccc(O[C@@H]6CCNC6)cn5)cnc34)cccc2n1. The van der Waals surface area contributed by atoms with E-state index < -0.39 is 0 Å². The molecule has 1 aromatic carbocycles. The number of hydrogen-bond acceptors (Lipinski definition) is 6. The van der Waals surface area contributed by atoms with Crippen LogP contribution in [0.1, 0.15) is 6.42 Å². The Morgan fingerprint density at radius 3 is 2.81 bits per heavy atom. The van der Waals surface area contributed by atoms with E-state index in [0.29, 0.717) is 5.59 Å². The number of ether oxygens (including phenoxy) is 1. The van der Waals surface area contributed by atoms with E-state index in [9.17, 15) is 0 Å². The van der Waals surface area contributed by atoms with Crippen LogP contribution in [0.15, 0.2) is 67.3 Å². The van der Waals surface area contributed by atoms with Gasteiger partial charge in [0.25, 0.3) is 0 Å². The topological polar surface area (TPSA) is 77.2 Å². The van der Waals surface area contributed by atoms with Crippen molar-refractivity contribution in [1.29, 1.82) is 0 Å². The molecule has 5 aromatic rings. The van der Waals surface area contributed by atoms with Crippen LogP contribution in [-0.4, -0.2) is 51.6 Å². The van der Waals surface area contributed by atoms with E-state index in [1.165, 1.54) is 0 Å². The molecule has 6 rings (SSSR count). The lowest BCUT2D eigenvalue weighted by Gasteiger charge is -2.12. The Morgan fingerprint density at radius 2 is 1.97 bits per heavy atom. The van der Waals surface area contributed by atoms with Gasteiger partial charge in [-0.05, 0) is 42.3 Å². The molecule has 154 valence electrons. The molecule has 0 saturated carbocycles. The normalized spacial score (nSPS) is 16.1. The Bertz CT molecular complexity index is 1430. The van der Waals surface area contributed by atoms with Crippen molar-refractivity contribution in [3.63, 3.8) is 0 Å². The molecule has 1 aliphatic heterocycles. The van der Waals surface area contributed by atoms with Gasteiger partial charge in [-0.2, -0.15) is 5.10 Å². The second-order valence-corrected chi connectivity index (χ2v) is 7.89. The molecule has 1 saturated heterocycles. The number of pyridine rings is 2. The first kappa shape index (κ1) is 19.0. The number of nitrogens with one attached hydrogen (secondary N) is 1. The van der Waals surface area contributed by atoms with Gasteiger partial charge in [0.05, 0.1) is 23.6 Å². The molecule has 0 bridgehead atoms. The van der Waals surface area contributed by atoms with Crippen LogP contribution >= 0.6 is 0 Å². The maximum Gasteiger partial charge on any atom is 0.162 e. The molecule has 1 fully saturated rings. The van der Waals surface area contributed by atoms with Crippen molar-refractivity contribution in [3.8, 4) is 28.1 Å². The number of hydrogen-bond donors (Lipinski definition) is 1. The molecule has 5 heterocycles. The summed E-state index contributed by atoms with van der Waals surface area (Å²) in [5.41, 5.74) is 5.78. The standard InChI is InChI=1S/C24H19BN6O/c25-23-7-5-19-18(2-1-3-22(19)30-23)20-13-29-31-14-15(10-28-24(20)31)21-6-4-16(12-27-21)32-17-8-9-26-11-17/h1-7,10,12-14,17,26H,8-9,11H2/t17-/m1/s1. The Hall–Kier alpha value is -3.78. The predicted molar refractivity (Wildman–Crippen MR) is 124 cm³/mol. The van der Waals surface area contributed by atoms with E-state index in [1.54, 1.807) is 10.7 Å². The summed E-state index contributed by atoms with van der Waals surface area (Å²) < 4.78 is 7.74. The lowest BCUT2D eigenvalue weighted by molar-refractivity contribution is 0.222. The quantitative estimate of drug-likeness (QED) is 0.452. The van der Waals surface area contributed by atoms with Crippen molar-refractivity contribution in [2.75, 3.05) is 13.1 Å². The van der Waals surface area contributed by atoms with E-state index in [1.807, 2.05) is 61.1 Å². The third-order valence-corrected chi connectivity index (χ3v) is 5.75. The largest absolute Gasteiger partial charge is 0.487 e. The van der Waals surface area contributed by atoms with Gasteiger partial charge in [-0.3, -0.25) is 9.97 Å². The molecular formula is C24H19BN6O. The van der Waals surface area contributed by atoms with Gasteiger partial charge in [0.15, 0.2) is 5.65 Å². The molecule has 0 spiro atoms. The first-order chi connectivity index (χ1) is 15.7. The molecule has 1 atom stereocenters.